The van der Waals surface area contributed by atoms with Crippen molar-refractivity contribution in [1.82, 2.24) is 48.0 Å². The third-order valence-electron chi connectivity index (χ3n) is 26.8. The molecule has 0 radical (unpaired) electrons. The van der Waals surface area contributed by atoms with E-state index in [0.29, 0.717) is 34.9 Å². The van der Waals surface area contributed by atoms with Crippen LogP contribution in [-0.2, 0) is 0 Å². The lowest BCUT2D eigenvalue weighted by Gasteiger charge is -2.20. The first-order valence-corrected chi connectivity index (χ1v) is 44.8. The topological polar surface area (TPSA) is 132 Å². The number of hydrogen-bond acceptors (Lipinski definition) is 9. The summed E-state index contributed by atoms with van der Waals surface area (Å²) in [6.45, 7) is 0. The summed E-state index contributed by atoms with van der Waals surface area (Å²) >= 11 is 0. The van der Waals surface area contributed by atoms with Crippen LogP contribution in [0.15, 0.2) is 433 Å². The van der Waals surface area contributed by atoms with Gasteiger partial charge >= 0.3 is 0 Å². The molecular formula is C120H70N10O3. The molecule has 13 heteroatoms. The molecule has 29 rings (SSSR count). The lowest BCUT2D eigenvalue weighted by Crippen LogP contribution is -2.03. The van der Waals surface area contributed by atoms with E-state index in [0.717, 1.165) is 167 Å². The van der Waals surface area contributed by atoms with Crippen LogP contribution in [0.5, 0.6) is 11.5 Å². The van der Waals surface area contributed by atoms with Gasteiger partial charge in [-0.1, -0.05) is 279 Å². The van der Waals surface area contributed by atoms with Gasteiger partial charge in [0.25, 0.3) is 0 Å². The van der Waals surface area contributed by atoms with Crippen molar-refractivity contribution in [3.63, 3.8) is 0 Å². The Morgan fingerprint density at radius 2 is 0.511 bits per heavy atom. The van der Waals surface area contributed by atoms with Gasteiger partial charge in [-0.15, -0.1) is 0 Å². The highest BCUT2D eigenvalue weighted by atomic mass is 16.5. The lowest BCUT2D eigenvalue weighted by atomic mass is 9.98. The Morgan fingerprint density at radius 3 is 0.977 bits per heavy atom. The van der Waals surface area contributed by atoms with E-state index < -0.39 is 0 Å². The minimum Gasteiger partial charge on any atom is -0.456 e. The number of fused-ring (bicyclic) bond motifs is 23. The van der Waals surface area contributed by atoms with Gasteiger partial charge in [0.2, 0.25) is 0 Å². The first kappa shape index (κ1) is 73.9. The quantitative estimate of drug-likeness (QED) is 0.124. The van der Waals surface area contributed by atoms with Gasteiger partial charge in [0.05, 0.1) is 55.3 Å². The monoisotopic (exact) mass is 1700 g/mol. The fraction of sp³-hybridized carbons (Fsp3) is 0. The standard InChI is InChI=1S/C63H37N5O2.C57H33N5O/c1-4-14-38(15-5-1)61-64-62(39-16-6-2-7-17-39)66-63(65-61)46-21-13-24-57-59(46)50-37-43(29-33-55(50)69-57)42-27-31-52-49(36-42)48-35-41(26-30-51(48)67(52)44-18-8-3-9-19-44)40-28-32-53-47(34-40)45-20-12-25-58-60(45)68(53)54-22-10-11-23-56(54)70-58;1-3-14-34(15-4-1)55-58-56(35-16-5-2-6-17-35)60-57(59-55)42-21-13-25-52-53(42)46-31-37(27-29-51(46)63-52)36-26-28-50-43(30-36)39-18-7-10-22-47(39)61(50)38-32-44-40-19-8-11-23-48(40)62-49-24-12-9-20-41(49)45(33-38)54(44)62/h1-37H;1-33H. The maximum atomic E-state index is 6.57. The van der Waals surface area contributed by atoms with Crippen LogP contribution in [0.4, 0.5) is 0 Å². The molecule has 1 aliphatic heterocycles. The molecule has 0 fully saturated rings. The van der Waals surface area contributed by atoms with E-state index in [2.05, 4.69) is 285 Å². The van der Waals surface area contributed by atoms with Gasteiger partial charge in [0.15, 0.2) is 46.4 Å². The zero-order valence-corrected chi connectivity index (χ0v) is 71.1. The second-order valence-electron chi connectivity index (χ2n) is 34.3. The molecule has 0 spiro atoms. The molecule has 0 unspecified atom stereocenters. The maximum absolute atomic E-state index is 6.57. The Balaban J connectivity index is 0.000000133. The molecule has 0 saturated carbocycles. The van der Waals surface area contributed by atoms with Crippen molar-refractivity contribution < 1.29 is 13.6 Å². The number of hydrogen-bond donors (Lipinski definition) is 0. The van der Waals surface area contributed by atoms with E-state index >= 15 is 0 Å². The number of benzene rings is 19. The SMILES string of the molecule is c1ccc(-c2nc(-c3ccccc3)nc(-c3cccc4oc5ccc(-c6ccc7c(c6)c6cc(-c8ccc9c(c8)c8cccc%10c8n9-c8ccccc8O%10)ccc6n7-c6ccccc6)cc5c34)n2)cc1.c1ccc(-c2nc(-c3ccccc3)nc(-c3cccc4oc5ccc(-c6ccc7c(c6)c6ccccc6n7-c6cc7c8ccccc8n8c9ccccc9c(c6)c78)cc5c34)n2)cc1. The molecule has 0 atom stereocenters. The zero-order valence-electron chi connectivity index (χ0n) is 71.1. The van der Waals surface area contributed by atoms with Gasteiger partial charge in [-0.25, -0.2) is 29.9 Å². The summed E-state index contributed by atoms with van der Waals surface area (Å²) in [6, 6.07) is 150. The minimum absolute atomic E-state index is 0.588. The summed E-state index contributed by atoms with van der Waals surface area (Å²) in [5.41, 5.74) is 29.3. The van der Waals surface area contributed by atoms with Crippen molar-refractivity contribution in [3.8, 4) is 130 Å². The molecule has 0 aliphatic carbocycles. The average molecular weight is 1700 g/mol. The van der Waals surface area contributed by atoms with E-state index in [9.17, 15) is 0 Å². The van der Waals surface area contributed by atoms with Crippen LogP contribution in [0.3, 0.4) is 0 Å². The van der Waals surface area contributed by atoms with Crippen LogP contribution in [0.2, 0.25) is 0 Å². The highest BCUT2D eigenvalue weighted by Gasteiger charge is 2.28. The van der Waals surface area contributed by atoms with Crippen LogP contribution >= 0.6 is 0 Å². The molecular weight excluding hydrogens is 1630 g/mol. The molecule has 0 amide bonds. The molecule has 0 N–H and O–H groups in total. The molecule has 10 heterocycles. The molecule has 133 heavy (non-hydrogen) atoms. The molecule has 19 aromatic carbocycles. The molecule has 618 valence electrons. The van der Waals surface area contributed by atoms with Gasteiger partial charge in [-0.05, 0) is 179 Å². The number of furan rings is 2. The predicted molar refractivity (Wildman–Crippen MR) is 541 cm³/mol. The van der Waals surface area contributed by atoms with Gasteiger partial charge in [-0.2, -0.15) is 0 Å². The van der Waals surface area contributed by atoms with Crippen molar-refractivity contribution in [3.05, 3.63) is 425 Å². The van der Waals surface area contributed by atoms with E-state index in [-0.39, 0.29) is 0 Å². The zero-order chi connectivity index (χ0) is 87.0. The predicted octanol–water partition coefficient (Wildman–Crippen LogP) is 31.1. The number of aromatic nitrogens is 10. The average Bonchev–Trinajstić information content (AvgIpc) is 1.54. The summed E-state index contributed by atoms with van der Waals surface area (Å²) in [6.07, 6.45) is 0. The summed E-state index contributed by atoms with van der Waals surface area (Å²) in [5.74, 6) is 5.40. The normalized spacial score (nSPS) is 12.1. The van der Waals surface area contributed by atoms with Gasteiger partial charge in [-0.3, -0.25) is 0 Å². The summed E-state index contributed by atoms with van der Waals surface area (Å²) in [5, 5.41) is 16.1. The second kappa shape index (κ2) is 29.2. The Hall–Kier alpha value is -18.2. The number of rotatable bonds is 11. The van der Waals surface area contributed by atoms with Crippen molar-refractivity contribution in [2.75, 3.05) is 0 Å². The largest absolute Gasteiger partial charge is 0.456 e. The van der Waals surface area contributed by atoms with E-state index in [1.165, 1.54) is 75.9 Å². The Labute approximate surface area is 758 Å². The van der Waals surface area contributed by atoms with Crippen molar-refractivity contribution >= 4 is 147 Å². The molecule has 9 aromatic heterocycles. The summed E-state index contributed by atoms with van der Waals surface area (Å²) in [7, 11) is 0. The molecule has 0 saturated heterocycles. The first-order valence-electron chi connectivity index (χ1n) is 44.8. The van der Waals surface area contributed by atoms with Crippen LogP contribution < -0.4 is 4.74 Å². The molecule has 0 bridgehead atoms. The van der Waals surface area contributed by atoms with E-state index in [1.807, 2.05) is 158 Å². The smallest absolute Gasteiger partial charge is 0.164 e. The van der Waals surface area contributed by atoms with Crippen LogP contribution in [0.25, 0.3) is 266 Å². The van der Waals surface area contributed by atoms with E-state index in [1.54, 1.807) is 0 Å². The van der Waals surface area contributed by atoms with Crippen LogP contribution in [-0.4, -0.2) is 48.0 Å². The Bertz CT molecular complexity index is 9490. The molecule has 13 nitrogen and oxygen atoms in total. The molecule has 28 aromatic rings. The number of para-hydroxylation sites is 7. The maximum Gasteiger partial charge on any atom is 0.164 e. The number of ether oxygens (including phenoxy) is 1. The lowest BCUT2D eigenvalue weighted by molar-refractivity contribution is 0.476. The van der Waals surface area contributed by atoms with Crippen molar-refractivity contribution in [2.24, 2.45) is 0 Å². The third-order valence-corrected chi connectivity index (χ3v) is 26.8. The van der Waals surface area contributed by atoms with Gasteiger partial charge < -0.3 is 31.7 Å². The minimum atomic E-state index is 0.588. The Kier molecular flexibility index (Phi) is 16.2. The van der Waals surface area contributed by atoms with E-state index in [4.69, 9.17) is 43.5 Å². The van der Waals surface area contributed by atoms with Crippen molar-refractivity contribution in [2.45, 2.75) is 0 Å². The second-order valence-corrected chi connectivity index (χ2v) is 34.3. The van der Waals surface area contributed by atoms with Crippen LogP contribution in [0.1, 0.15) is 0 Å². The highest BCUT2D eigenvalue weighted by Crippen LogP contribution is 2.50. The Morgan fingerprint density at radius 1 is 0.180 bits per heavy atom. The fourth-order valence-corrected chi connectivity index (χ4v) is 20.9. The van der Waals surface area contributed by atoms with Gasteiger partial charge in [0.1, 0.15) is 22.3 Å². The summed E-state index contributed by atoms with van der Waals surface area (Å²) < 4.78 is 29.1. The fourth-order valence-electron chi connectivity index (χ4n) is 20.9. The first-order chi connectivity index (χ1) is 65.9. The number of nitrogens with zero attached hydrogens (tertiary/aromatic N) is 10. The van der Waals surface area contributed by atoms with Crippen LogP contribution in [0, 0.1) is 0 Å². The van der Waals surface area contributed by atoms with Crippen molar-refractivity contribution in [1.29, 1.82) is 0 Å². The third kappa shape index (κ3) is 11.6. The van der Waals surface area contributed by atoms with Gasteiger partial charge in [0, 0.05) is 120 Å². The molecule has 1 aliphatic rings. The highest BCUT2D eigenvalue weighted by molar-refractivity contribution is 6.25. The summed E-state index contributed by atoms with van der Waals surface area (Å²) in [4.78, 5) is 30.3.